The van der Waals surface area contributed by atoms with Gasteiger partial charge in [0.2, 0.25) is 11.8 Å². The third-order valence-electron chi connectivity index (χ3n) is 6.68. The molecule has 2 fully saturated rings. The second-order valence-electron chi connectivity index (χ2n) is 10.1. The molecule has 2 aliphatic rings. The van der Waals surface area contributed by atoms with Gasteiger partial charge in [-0.1, -0.05) is 20.8 Å². The lowest BCUT2D eigenvalue weighted by Crippen LogP contribution is -2.46. The molecule has 3 rings (SSSR count). The van der Waals surface area contributed by atoms with Gasteiger partial charge in [0.05, 0.1) is 0 Å². The highest BCUT2D eigenvalue weighted by Crippen LogP contribution is 2.25. The number of halogens is 3. The van der Waals surface area contributed by atoms with E-state index in [0.29, 0.717) is 43.2 Å². The molecule has 1 aromatic carbocycles. The molecule has 3 N–H and O–H groups in total. The van der Waals surface area contributed by atoms with E-state index in [-0.39, 0.29) is 29.6 Å². The average Bonchev–Trinajstić information content (AvgIpc) is 2.85. The van der Waals surface area contributed by atoms with Crippen molar-refractivity contribution >= 4 is 29.4 Å². The van der Waals surface area contributed by atoms with E-state index in [2.05, 4.69) is 17.6 Å². The Bertz CT molecular complexity index is 934. The lowest BCUT2D eigenvalue weighted by Gasteiger charge is -2.33. The number of nitrogens with one attached hydrogen (secondary N) is 2. The van der Waals surface area contributed by atoms with Gasteiger partial charge in [0.1, 0.15) is 0 Å². The predicted molar refractivity (Wildman–Crippen MR) is 132 cm³/mol. The number of carboxylic acid groups (broad SMARTS) is 1. The van der Waals surface area contributed by atoms with Crippen LogP contribution in [-0.2, 0) is 14.4 Å². The Labute approximate surface area is 215 Å². The minimum atomic E-state index is -5.08. The van der Waals surface area contributed by atoms with Crippen molar-refractivity contribution in [1.29, 1.82) is 0 Å². The van der Waals surface area contributed by atoms with Crippen molar-refractivity contribution in [3.8, 4) is 0 Å². The molecule has 0 spiro atoms. The van der Waals surface area contributed by atoms with Gasteiger partial charge < -0.3 is 20.6 Å². The van der Waals surface area contributed by atoms with Gasteiger partial charge >= 0.3 is 12.1 Å². The molecule has 1 saturated carbocycles. The number of benzene rings is 1. The van der Waals surface area contributed by atoms with E-state index in [0.717, 1.165) is 18.8 Å². The molecule has 1 aliphatic carbocycles. The molecule has 1 aromatic rings. The fraction of sp³-hybridized carbons (Fsp3) is 0.615. The van der Waals surface area contributed by atoms with E-state index >= 15 is 0 Å². The summed E-state index contributed by atoms with van der Waals surface area (Å²) < 4.78 is 31.7. The summed E-state index contributed by atoms with van der Waals surface area (Å²) in [7, 11) is 0. The zero-order valence-electron chi connectivity index (χ0n) is 21.4. The van der Waals surface area contributed by atoms with Crippen molar-refractivity contribution < 1.29 is 37.5 Å². The van der Waals surface area contributed by atoms with Gasteiger partial charge in [-0.2, -0.15) is 13.2 Å². The monoisotopic (exact) mass is 527 g/mol. The summed E-state index contributed by atoms with van der Waals surface area (Å²) in [5.41, 5.74) is 1.30. The molecule has 206 valence electrons. The first-order valence-electron chi connectivity index (χ1n) is 12.6. The van der Waals surface area contributed by atoms with Crippen molar-refractivity contribution in [3.63, 3.8) is 0 Å². The van der Waals surface area contributed by atoms with Crippen molar-refractivity contribution in [3.05, 3.63) is 29.8 Å². The third-order valence-corrected chi connectivity index (χ3v) is 6.68. The van der Waals surface area contributed by atoms with Crippen LogP contribution in [0.3, 0.4) is 0 Å². The summed E-state index contributed by atoms with van der Waals surface area (Å²) in [6.07, 6.45) is 0.887. The van der Waals surface area contributed by atoms with Gasteiger partial charge in [-0.3, -0.25) is 14.4 Å². The van der Waals surface area contributed by atoms with Crippen molar-refractivity contribution in [1.82, 2.24) is 10.2 Å². The molecule has 3 amide bonds. The predicted octanol–water partition coefficient (Wildman–Crippen LogP) is 4.46. The molecule has 8 nitrogen and oxygen atoms in total. The van der Waals surface area contributed by atoms with Crippen LogP contribution in [0.25, 0.3) is 0 Å². The number of amides is 3. The lowest BCUT2D eigenvalue weighted by atomic mass is 9.86. The Hall–Kier alpha value is -3.11. The summed E-state index contributed by atoms with van der Waals surface area (Å²) in [5, 5.41) is 13.2. The smallest absolute Gasteiger partial charge is 0.475 e. The van der Waals surface area contributed by atoms with Gasteiger partial charge in [0.25, 0.3) is 5.91 Å². The molecule has 0 radical (unpaired) electrons. The largest absolute Gasteiger partial charge is 0.490 e. The maximum Gasteiger partial charge on any atom is 0.490 e. The number of aliphatic carboxylic acids is 1. The number of carboxylic acids is 1. The number of hydrogen-bond acceptors (Lipinski definition) is 4. The molecule has 1 aliphatic heterocycles. The first-order chi connectivity index (χ1) is 17.3. The Morgan fingerprint density at radius 1 is 0.946 bits per heavy atom. The van der Waals surface area contributed by atoms with Crippen molar-refractivity contribution in [2.75, 3.05) is 18.4 Å². The highest BCUT2D eigenvalue weighted by molar-refractivity contribution is 5.96. The molecule has 11 heteroatoms. The summed E-state index contributed by atoms with van der Waals surface area (Å²) in [5.74, 6) is -1.98. The van der Waals surface area contributed by atoms with Crippen LogP contribution in [0.4, 0.5) is 18.9 Å². The Morgan fingerprint density at radius 2 is 1.46 bits per heavy atom. The second-order valence-corrected chi connectivity index (χ2v) is 10.1. The molecular formula is C26H36F3N3O5. The summed E-state index contributed by atoms with van der Waals surface area (Å²) >= 11 is 0. The van der Waals surface area contributed by atoms with Crippen LogP contribution in [0.1, 0.15) is 69.7 Å². The number of nitrogens with zero attached hydrogens (tertiary/aromatic N) is 1. The van der Waals surface area contributed by atoms with Crippen molar-refractivity contribution in [2.24, 2.45) is 17.8 Å². The van der Waals surface area contributed by atoms with E-state index in [4.69, 9.17) is 9.90 Å². The van der Waals surface area contributed by atoms with Gasteiger partial charge in [0.15, 0.2) is 0 Å². The number of carbonyl (C=O) groups excluding carboxylic acids is 3. The van der Waals surface area contributed by atoms with Crippen molar-refractivity contribution in [2.45, 2.75) is 71.5 Å². The Balaban J connectivity index is 0.000000604. The maximum absolute atomic E-state index is 12.8. The summed E-state index contributed by atoms with van der Waals surface area (Å²) in [4.78, 5) is 47.9. The van der Waals surface area contributed by atoms with Crippen LogP contribution in [-0.4, -0.2) is 59.0 Å². The Morgan fingerprint density at radius 3 is 1.92 bits per heavy atom. The summed E-state index contributed by atoms with van der Waals surface area (Å²) in [6.45, 7) is 7.16. The topological polar surface area (TPSA) is 116 Å². The van der Waals surface area contributed by atoms with Crippen LogP contribution in [0.2, 0.25) is 0 Å². The molecular weight excluding hydrogens is 491 g/mol. The van der Waals surface area contributed by atoms with E-state index < -0.39 is 12.1 Å². The zero-order valence-corrected chi connectivity index (χ0v) is 21.4. The highest BCUT2D eigenvalue weighted by Gasteiger charge is 2.38. The Kier molecular flexibility index (Phi) is 10.9. The first-order valence-corrected chi connectivity index (χ1v) is 12.6. The standard InChI is InChI=1S/C24H35N3O3.C2HF3O2/c1-16(2)22(28)25-21-10-6-19(7-11-21)24(30)27-14-12-18(13-15-27)23(29)26-20-8-4-17(3)5-9-20;3-2(4,5)1(6)7/h6-7,10-11,16-18,20H,4-5,8-9,12-15H2,1-3H3,(H,25,28)(H,26,29);(H,6,7). The van der Waals surface area contributed by atoms with Gasteiger partial charge in [0, 0.05) is 42.2 Å². The van der Waals surface area contributed by atoms with Crippen LogP contribution in [0.5, 0.6) is 0 Å². The highest BCUT2D eigenvalue weighted by atomic mass is 19.4. The van der Waals surface area contributed by atoms with E-state index in [1.807, 2.05) is 18.7 Å². The number of hydrogen-bond donors (Lipinski definition) is 3. The summed E-state index contributed by atoms with van der Waals surface area (Å²) in [6, 6.07) is 7.35. The van der Waals surface area contributed by atoms with Gasteiger partial charge in [-0.25, -0.2) is 4.79 Å². The number of rotatable bonds is 5. The normalized spacial score (nSPS) is 20.5. The molecule has 0 unspecified atom stereocenters. The molecule has 37 heavy (non-hydrogen) atoms. The quantitative estimate of drug-likeness (QED) is 0.523. The van der Waals surface area contributed by atoms with Crippen LogP contribution >= 0.6 is 0 Å². The fourth-order valence-corrected chi connectivity index (χ4v) is 4.23. The fourth-order valence-electron chi connectivity index (χ4n) is 4.23. The van der Waals surface area contributed by atoms with Crippen LogP contribution in [0.15, 0.2) is 24.3 Å². The molecule has 0 bridgehead atoms. The molecule has 0 atom stereocenters. The number of carbonyl (C=O) groups is 4. The minimum Gasteiger partial charge on any atom is -0.475 e. The molecule has 0 aromatic heterocycles. The maximum atomic E-state index is 12.8. The average molecular weight is 528 g/mol. The number of anilines is 1. The molecule has 1 saturated heterocycles. The lowest BCUT2D eigenvalue weighted by molar-refractivity contribution is -0.192. The SMILES string of the molecule is CC1CCC(NC(=O)C2CCN(C(=O)c3ccc(NC(=O)C(C)C)cc3)CC2)CC1.O=C(O)C(F)(F)F. The van der Waals surface area contributed by atoms with E-state index in [1.54, 1.807) is 24.3 Å². The minimum absolute atomic E-state index is 0.00187. The number of alkyl halides is 3. The molecule has 1 heterocycles. The van der Waals surface area contributed by atoms with Crippen LogP contribution < -0.4 is 10.6 Å². The number of piperidine rings is 1. The number of likely N-dealkylation sites (tertiary alicyclic amines) is 1. The van der Waals surface area contributed by atoms with Crippen LogP contribution in [0, 0.1) is 17.8 Å². The van der Waals surface area contributed by atoms with Gasteiger partial charge in [-0.15, -0.1) is 0 Å². The van der Waals surface area contributed by atoms with Gasteiger partial charge in [-0.05, 0) is 68.7 Å². The third kappa shape index (κ3) is 9.70. The van der Waals surface area contributed by atoms with E-state index in [1.165, 1.54) is 12.8 Å². The first kappa shape index (κ1) is 30.1. The zero-order chi connectivity index (χ0) is 27.8. The van der Waals surface area contributed by atoms with E-state index in [9.17, 15) is 27.6 Å². The second kappa shape index (κ2) is 13.4.